The number of aromatic nitrogens is 2. The first-order chi connectivity index (χ1) is 13.7. The summed E-state index contributed by atoms with van der Waals surface area (Å²) in [4.78, 5) is 12.5. The molecule has 0 unspecified atom stereocenters. The van der Waals surface area contributed by atoms with Gasteiger partial charge in [-0.05, 0) is 73.4 Å². The zero-order valence-corrected chi connectivity index (χ0v) is 17.0. The van der Waals surface area contributed by atoms with E-state index >= 15 is 0 Å². The van der Waals surface area contributed by atoms with Gasteiger partial charge in [-0.3, -0.25) is 10.1 Å². The Morgan fingerprint density at radius 2 is 1.75 bits per heavy atom. The van der Waals surface area contributed by atoms with Crippen LogP contribution in [0.15, 0.2) is 48.5 Å². The summed E-state index contributed by atoms with van der Waals surface area (Å²) < 4.78 is 0. The Balaban J connectivity index is 1.37. The number of nitrogens with zero attached hydrogens (tertiary/aromatic N) is 2. The Morgan fingerprint density at radius 1 is 1.04 bits per heavy atom. The molecule has 1 amide bonds. The van der Waals surface area contributed by atoms with Crippen LogP contribution in [0.1, 0.15) is 58.1 Å². The zero-order valence-electron chi connectivity index (χ0n) is 15.4. The quantitative estimate of drug-likeness (QED) is 0.570. The lowest BCUT2D eigenvalue weighted by atomic mass is 9.84. The van der Waals surface area contributed by atoms with Crippen LogP contribution in [0.4, 0.5) is 5.13 Å². The number of hydrogen-bond acceptors (Lipinski definition) is 4. The van der Waals surface area contributed by atoms with Gasteiger partial charge >= 0.3 is 0 Å². The standard InChI is InChI=1S/C22H21ClN3OS/c23-19-12-6-15(7-13-19)14-20-25-26-22(28-20)24-21(27)18-10-8-17(9-11-18)16-4-2-1-3-5-16/h1,6-13,16H,2-5,14H2,(H,24,26,27). The van der Waals surface area contributed by atoms with Gasteiger partial charge in [-0.2, -0.15) is 0 Å². The smallest absolute Gasteiger partial charge is 0.257 e. The van der Waals surface area contributed by atoms with Crippen molar-refractivity contribution in [2.45, 2.75) is 38.0 Å². The Hall–Kier alpha value is -2.24. The number of nitrogens with one attached hydrogen (secondary N) is 1. The fourth-order valence-corrected chi connectivity index (χ4v) is 4.38. The molecule has 1 radical (unpaired) electrons. The minimum atomic E-state index is -0.155. The molecule has 0 bridgehead atoms. The van der Waals surface area contributed by atoms with Gasteiger partial charge in [0.15, 0.2) is 0 Å². The lowest BCUT2D eigenvalue weighted by Gasteiger charge is -2.21. The van der Waals surface area contributed by atoms with Crippen LogP contribution < -0.4 is 5.32 Å². The molecule has 1 saturated carbocycles. The molecule has 1 aliphatic rings. The Kier molecular flexibility index (Phi) is 6.03. The molecule has 6 heteroatoms. The van der Waals surface area contributed by atoms with Gasteiger partial charge in [0.05, 0.1) is 0 Å². The molecule has 1 aliphatic carbocycles. The predicted octanol–water partition coefficient (Wildman–Crippen LogP) is 5.90. The van der Waals surface area contributed by atoms with Crippen LogP contribution in [-0.2, 0) is 6.42 Å². The molecule has 1 fully saturated rings. The first-order valence-corrected chi connectivity index (χ1v) is 10.7. The first kappa shape index (κ1) is 19.1. The van der Waals surface area contributed by atoms with Crippen LogP contribution in [0.3, 0.4) is 0 Å². The third-order valence-electron chi connectivity index (χ3n) is 5.04. The van der Waals surface area contributed by atoms with E-state index in [1.165, 1.54) is 42.6 Å². The summed E-state index contributed by atoms with van der Waals surface area (Å²) in [6, 6.07) is 15.6. The van der Waals surface area contributed by atoms with Crippen LogP contribution in [0.25, 0.3) is 0 Å². The first-order valence-electron chi connectivity index (χ1n) is 9.47. The third-order valence-corrected chi connectivity index (χ3v) is 6.13. The number of rotatable bonds is 5. The zero-order chi connectivity index (χ0) is 19.3. The van der Waals surface area contributed by atoms with Crippen molar-refractivity contribution < 1.29 is 4.79 Å². The lowest BCUT2D eigenvalue weighted by Crippen LogP contribution is -2.12. The summed E-state index contributed by atoms with van der Waals surface area (Å²) in [5.41, 5.74) is 3.07. The van der Waals surface area contributed by atoms with Gasteiger partial charge in [-0.15, -0.1) is 10.2 Å². The van der Waals surface area contributed by atoms with E-state index in [1.807, 2.05) is 36.4 Å². The highest BCUT2D eigenvalue weighted by Crippen LogP contribution is 2.32. The van der Waals surface area contributed by atoms with Gasteiger partial charge in [0.1, 0.15) is 5.01 Å². The molecule has 1 aromatic heterocycles. The minimum absolute atomic E-state index is 0.155. The van der Waals surface area contributed by atoms with Crippen LogP contribution in [0, 0.1) is 6.42 Å². The Morgan fingerprint density at radius 3 is 2.46 bits per heavy atom. The number of carbonyl (C=O) groups is 1. The summed E-state index contributed by atoms with van der Waals surface area (Å²) in [5, 5.41) is 13.2. The van der Waals surface area contributed by atoms with Crippen molar-refractivity contribution in [2.24, 2.45) is 0 Å². The monoisotopic (exact) mass is 410 g/mol. The van der Waals surface area contributed by atoms with Crippen molar-refractivity contribution in [3.8, 4) is 0 Å². The highest BCUT2D eigenvalue weighted by Gasteiger charge is 2.16. The van der Waals surface area contributed by atoms with E-state index in [0.717, 1.165) is 10.6 Å². The molecule has 4 nitrogen and oxygen atoms in total. The second-order valence-electron chi connectivity index (χ2n) is 7.02. The summed E-state index contributed by atoms with van der Waals surface area (Å²) in [7, 11) is 0. The normalized spacial score (nSPS) is 14.8. The summed E-state index contributed by atoms with van der Waals surface area (Å²) in [6.45, 7) is 0. The van der Waals surface area contributed by atoms with Gasteiger partial charge in [0.2, 0.25) is 5.13 Å². The summed E-state index contributed by atoms with van der Waals surface area (Å²) >= 11 is 7.30. The molecule has 2 aromatic carbocycles. The topological polar surface area (TPSA) is 54.9 Å². The van der Waals surface area contributed by atoms with E-state index in [-0.39, 0.29) is 5.91 Å². The van der Waals surface area contributed by atoms with Gasteiger partial charge in [-0.25, -0.2) is 0 Å². The summed E-state index contributed by atoms with van der Waals surface area (Å²) in [6.07, 6.45) is 7.80. The molecule has 0 saturated heterocycles. The molecule has 3 aromatic rings. The highest BCUT2D eigenvalue weighted by molar-refractivity contribution is 7.15. The van der Waals surface area contributed by atoms with Crippen LogP contribution in [0.5, 0.6) is 0 Å². The van der Waals surface area contributed by atoms with Crippen molar-refractivity contribution in [3.63, 3.8) is 0 Å². The molecule has 28 heavy (non-hydrogen) atoms. The van der Waals surface area contributed by atoms with Gasteiger partial charge in [0.25, 0.3) is 5.91 Å². The largest absolute Gasteiger partial charge is 0.296 e. The SMILES string of the molecule is O=C(Nc1nnc(Cc2ccc(Cl)cc2)s1)c1ccc(C2CC[CH]CC2)cc1. The van der Waals surface area contributed by atoms with Crippen LogP contribution >= 0.6 is 22.9 Å². The third kappa shape index (κ3) is 4.78. The van der Waals surface area contributed by atoms with Crippen molar-refractivity contribution in [1.82, 2.24) is 10.2 Å². The second-order valence-corrected chi connectivity index (χ2v) is 8.52. The average Bonchev–Trinajstić information content (AvgIpc) is 3.17. The number of carbonyl (C=O) groups excluding carboxylic acids is 1. The van der Waals surface area contributed by atoms with Crippen molar-refractivity contribution in [3.05, 3.63) is 81.7 Å². The maximum Gasteiger partial charge on any atom is 0.257 e. The van der Waals surface area contributed by atoms with E-state index in [4.69, 9.17) is 11.6 Å². The second kappa shape index (κ2) is 8.84. The number of anilines is 1. The van der Waals surface area contributed by atoms with Crippen molar-refractivity contribution in [1.29, 1.82) is 0 Å². The van der Waals surface area contributed by atoms with Gasteiger partial charge in [-0.1, -0.05) is 47.2 Å². The van der Waals surface area contributed by atoms with Crippen molar-refractivity contribution >= 4 is 34.0 Å². The molecule has 0 spiro atoms. The predicted molar refractivity (Wildman–Crippen MR) is 114 cm³/mol. The fourth-order valence-electron chi connectivity index (χ4n) is 3.49. The fraction of sp³-hybridized carbons (Fsp3) is 0.273. The molecular formula is C22H21ClN3OS. The van der Waals surface area contributed by atoms with E-state index < -0.39 is 0 Å². The minimum Gasteiger partial charge on any atom is -0.296 e. The van der Waals surface area contributed by atoms with E-state index in [2.05, 4.69) is 34.1 Å². The lowest BCUT2D eigenvalue weighted by molar-refractivity contribution is 0.102. The molecule has 143 valence electrons. The molecule has 0 atom stereocenters. The molecular weight excluding hydrogens is 390 g/mol. The number of benzene rings is 2. The molecule has 1 heterocycles. The molecule has 4 rings (SSSR count). The van der Waals surface area contributed by atoms with Crippen molar-refractivity contribution in [2.75, 3.05) is 5.32 Å². The van der Waals surface area contributed by atoms with Crippen LogP contribution in [0.2, 0.25) is 5.02 Å². The van der Waals surface area contributed by atoms with E-state index in [0.29, 0.717) is 28.1 Å². The number of halogens is 1. The Bertz CT molecular complexity index is 931. The summed E-state index contributed by atoms with van der Waals surface area (Å²) in [5.74, 6) is 0.457. The molecule has 1 N–H and O–H groups in total. The van der Waals surface area contributed by atoms with E-state index in [9.17, 15) is 4.79 Å². The van der Waals surface area contributed by atoms with Gasteiger partial charge in [0, 0.05) is 17.0 Å². The average molecular weight is 411 g/mol. The number of amides is 1. The molecule has 0 aliphatic heterocycles. The van der Waals surface area contributed by atoms with Gasteiger partial charge < -0.3 is 0 Å². The highest BCUT2D eigenvalue weighted by atomic mass is 35.5. The maximum absolute atomic E-state index is 12.5. The van der Waals surface area contributed by atoms with Crippen LogP contribution in [-0.4, -0.2) is 16.1 Å². The number of hydrogen-bond donors (Lipinski definition) is 1. The maximum atomic E-state index is 12.5. The Labute approximate surface area is 174 Å². The van der Waals surface area contributed by atoms with E-state index in [1.54, 1.807) is 0 Å².